The first-order valence-electron chi connectivity index (χ1n) is 6.46. The van der Waals surface area contributed by atoms with Crippen molar-refractivity contribution in [3.8, 4) is 0 Å². The summed E-state index contributed by atoms with van der Waals surface area (Å²) in [5.41, 5.74) is 4.90. The van der Waals surface area contributed by atoms with Crippen LogP contribution in [0.15, 0.2) is 52.9 Å². The normalized spacial score (nSPS) is 12.0. The number of aromatic nitrogens is 3. The van der Waals surface area contributed by atoms with Crippen LogP contribution in [0.3, 0.4) is 0 Å². The monoisotopic (exact) mass is 259 g/mol. The van der Waals surface area contributed by atoms with Crippen molar-refractivity contribution >= 4 is 44.3 Å². The molecule has 0 radical (unpaired) electrons. The van der Waals surface area contributed by atoms with Crippen molar-refractivity contribution in [2.24, 2.45) is 0 Å². The summed E-state index contributed by atoms with van der Waals surface area (Å²) >= 11 is 0. The van der Waals surface area contributed by atoms with Gasteiger partial charge < -0.3 is 9.40 Å². The maximum atomic E-state index is 5.79. The van der Waals surface area contributed by atoms with Gasteiger partial charge in [0.25, 0.3) is 0 Å². The molecule has 0 saturated carbocycles. The fraction of sp³-hybridized carbons (Fsp3) is 0. The molecular formula is C16H9N3O. The minimum Gasteiger partial charge on any atom is -0.436 e. The summed E-state index contributed by atoms with van der Waals surface area (Å²) < 4.78 is 5.79. The van der Waals surface area contributed by atoms with E-state index < -0.39 is 0 Å². The van der Waals surface area contributed by atoms with Crippen molar-refractivity contribution in [1.82, 2.24) is 15.0 Å². The maximum Gasteiger partial charge on any atom is 0.247 e. The van der Waals surface area contributed by atoms with Gasteiger partial charge in [0.15, 0.2) is 5.65 Å². The van der Waals surface area contributed by atoms with Crippen molar-refractivity contribution in [3.05, 3.63) is 48.5 Å². The van der Waals surface area contributed by atoms with Crippen molar-refractivity contribution in [1.29, 1.82) is 0 Å². The molecule has 0 bridgehead atoms. The van der Waals surface area contributed by atoms with Gasteiger partial charge in [0.1, 0.15) is 16.6 Å². The number of benzene rings is 2. The molecule has 20 heavy (non-hydrogen) atoms. The first kappa shape index (κ1) is 9.97. The van der Waals surface area contributed by atoms with Crippen molar-refractivity contribution in [2.45, 2.75) is 0 Å². The number of fused-ring (bicyclic) bond motifs is 6. The lowest BCUT2D eigenvalue weighted by atomic mass is 10.2. The van der Waals surface area contributed by atoms with E-state index >= 15 is 0 Å². The lowest BCUT2D eigenvalue weighted by molar-refractivity contribution is 0.655. The van der Waals surface area contributed by atoms with Crippen LogP contribution in [0.2, 0.25) is 0 Å². The van der Waals surface area contributed by atoms with Gasteiger partial charge in [-0.25, -0.2) is 9.97 Å². The molecule has 5 rings (SSSR count). The number of nitrogens with one attached hydrogen (secondary N) is 1. The van der Waals surface area contributed by atoms with Crippen LogP contribution in [-0.4, -0.2) is 15.0 Å². The van der Waals surface area contributed by atoms with E-state index in [1.807, 2.05) is 48.5 Å². The van der Waals surface area contributed by atoms with Crippen LogP contribution < -0.4 is 0 Å². The Bertz CT molecular complexity index is 1010. The van der Waals surface area contributed by atoms with E-state index in [2.05, 4.69) is 9.97 Å². The Kier molecular flexibility index (Phi) is 1.68. The summed E-state index contributed by atoms with van der Waals surface area (Å²) in [5.74, 6) is 0. The highest BCUT2D eigenvalue weighted by Gasteiger charge is 2.13. The second kappa shape index (κ2) is 3.36. The lowest BCUT2D eigenvalue weighted by Crippen LogP contribution is -1.81. The van der Waals surface area contributed by atoms with E-state index in [0.29, 0.717) is 5.71 Å². The summed E-state index contributed by atoms with van der Waals surface area (Å²) in [6, 6.07) is 15.9. The largest absolute Gasteiger partial charge is 0.436 e. The number of nitrogens with zero attached hydrogens (tertiary/aromatic N) is 2. The fourth-order valence-electron chi connectivity index (χ4n) is 2.72. The van der Waals surface area contributed by atoms with Gasteiger partial charge in [0.2, 0.25) is 5.71 Å². The number of hydrogen-bond acceptors (Lipinski definition) is 3. The van der Waals surface area contributed by atoms with Gasteiger partial charge in [-0.1, -0.05) is 30.3 Å². The fourth-order valence-corrected chi connectivity index (χ4v) is 2.72. The quantitative estimate of drug-likeness (QED) is 0.457. The highest BCUT2D eigenvalue weighted by molar-refractivity contribution is 6.08. The Morgan fingerprint density at radius 2 is 1.60 bits per heavy atom. The number of para-hydroxylation sites is 2. The Balaban J connectivity index is 2.05. The van der Waals surface area contributed by atoms with E-state index in [0.717, 1.165) is 38.6 Å². The smallest absolute Gasteiger partial charge is 0.247 e. The molecule has 3 aromatic heterocycles. The van der Waals surface area contributed by atoms with Crippen molar-refractivity contribution < 1.29 is 4.42 Å². The number of furan rings is 1. The van der Waals surface area contributed by atoms with Crippen LogP contribution in [0.25, 0.3) is 44.3 Å². The number of rotatable bonds is 0. The molecule has 5 aromatic rings. The zero-order chi connectivity index (χ0) is 13.1. The molecule has 4 heteroatoms. The number of hydrogen-bond donors (Lipinski definition) is 1. The Morgan fingerprint density at radius 1 is 0.800 bits per heavy atom. The van der Waals surface area contributed by atoms with E-state index in [1.54, 1.807) is 0 Å². The van der Waals surface area contributed by atoms with Gasteiger partial charge >= 0.3 is 0 Å². The molecule has 0 atom stereocenters. The van der Waals surface area contributed by atoms with Crippen LogP contribution in [0.5, 0.6) is 0 Å². The highest BCUT2D eigenvalue weighted by atomic mass is 16.3. The van der Waals surface area contributed by atoms with Gasteiger partial charge in [-0.05, 0) is 18.2 Å². The number of aromatic amines is 1. The molecule has 0 fully saturated rings. The van der Waals surface area contributed by atoms with Gasteiger partial charge in [-0.3, -0.25) is 0 Å². The average Bonchev–Trinajstić information content (AvgIpc) is 3.02. The average molecular weight is 259 g/mol. The SMILES string of the molecule is c1ccc2c(c1)[nH]c1nc3c(nc12)oc1ccccc13. The van der Waals surface area contributed by atoms with Gasteiger partial charge in [-0.15, -0.1) is 0 Å². The predicted octanol–water partition coefficient (Wildman–Crippen LogP) is 4.01. The maximum absolute atomic E-state index is 5.79. The lowest BCUT2D eigenvalue weighted by Gasteiger charge is -1.90. The summed E-state index contributed by atoms with van der Waals surface area (Å²) in [4.78, 5) is 12.6. The summed E-state index contributed by atoms with van der Waals surface area (Å²) in [6.45, 7) is 0. The predicted molar refractivity (Wildman–Crippen MR) is 78.7 cm³/mol. The van der Waals surface area contributed by atoms with Crippen LogP contribution in [0, 0.1) is 0 Å². The van der Waals surface area contributed by atoms with Crippen molar-refractivity contribution in [3.63, 3.8) is 0 Å². The third kappa shape index (κ3) is 1.15. The molecule has 94 valence electrons. The Labute approximate surface area is 113 Å². The van der Waals surface area contributed by atoms with Crippen LogP contribution in [0.4, 0.5) is 0 Å². The van der Waals surface area contributed by atoms with Crippen molar-refractivity contribution in [2.75, 3.05) is 0 Å². The van der Waals surface area contributed by atoms with E-state index in [-0.39, 0.29) is 0 Å². The zero-order valence-corrected chi connectivity index (χ0v) is 10.4. The first-order valence-corrected chi connectivity index (χ1v) is 6.46. The standard InChI is InChI=1S/C16H9N3O/c1-3-7-11-9(5-1)13-15(17-11)18-14-10-6-2-4-8-12(10)20-16(14)19-13/h1-8H,(H,17,18). The van der Waals surface area contributed by atoms with E-state index in [4.69, 9.17) is 9.40 Å². The summed E-state index contributed by atoms with van der Waals surface area (Å²) in [5, 5.41) is 2.06. The van der Waals surface area contributed by atoms with Crippen LogP contribution >= 0.6 is 0 Å². The second-order valence-electron chi connectivity index (χ2n) is 4.84. The second-order valence-corrected chi connectivity index (χ2v) is 4.84. The third-order valence-corrected chi connectivity index (χ3v) is 3.65. The van der Waals surface area contributed by atoms with E-state index in [1.165, 1.54) is 0 Å². The molecular weight excluding hydrogens is 250 g/mol. The Morgan fingerprint density at radius 3 is 2.55 bits per heavy atom. The minimum absolute atomic E-state index is 0.587. The molecule has 0 aliphatic rings. The molecule has 0 saturated heterocycles. The molecule has 0 aliphatic heterocycles. The molecule has 0 aliphatic carbocycles. The molecule has 4 nitrogen and oxygen atoms in total. The highest BCUT2D eigenvalue weighted by Crippen LogP contribution is 2.29. The van der Waals surface area contributed by atoms with Crippen LogP contribution in [-0.2, 0) is 0 Å². The minimum atomic E-state index is 0.587. The number of H-pyrrole nitrogens is 1. The molecule has 3 heterocycles. The van der Waals surface area contributed by atoms with E-state index in [9.17, 15) is 0 Å². The molecule has 1 N–H and O–H groups in total. The topological polar surface area (TPSA) is 54.7 Å². The third-order valence-electron chi connectivity index (χ3n) is 3.65. The molecule has 0 unspecified atom stereocenters. The van der Waals surface area contributed by atoms with Gasteiger partial charge in [-0.2, -0.15) is 0 Å². The van der Waals surface area contributed by atoms with Gasteiger partial charge in [0.05, 0.1) is 0 Å². The molecule has 0 amide bonds. The summed E-state index contributed by atoms with van der Waals surface area (Å²) in [7, 11) is 0. The van der Waals surface area contributed by atoms with Crippen LogP contribution in [0.1, 0.15) is 0 Å². The molecule has 0 spiro atoms. The molecule has 2 aromatic carbocycles. The first-order chi connectivity index (χ1) is 9.90. The summed E-state index contributed by atoms with van der Waals surface area (Å²) in [6.07, 6.45) is 0. The zero-order valence-electron chi connectivity index (χ0n) is 10.4. The Hall–Kier alpha value is -2.88. The van der Waals surface area contributed by atoms with Gasteiger partial charge in [0, 0.05) is 16.3 Å².